The number of fused-ring (bicyclic) bond motifs is 1. The zero-order chi connectivity index (χ0) is 19.8. The van der Waals surface area contributed by atoms with Crippen LogP contribution in [-0.2, 0) is 4.74 Å². The van der Waals surface area contributed by atoms with Crippen molar-refractivity contribution >= 4 is 23.1 Å². The van der Waals surface area contributed by atoms with Crippen LogP contribution < -0.4 is 10.6 Å². The second kappa shape index (κ2) is 7.06. The standard InChI is InChI=1S/C19H19F2N5O2/c1-2-28-19(27)16-9-23-17-3-4-18(24-26(16)17)25-10-13(21)8-15(25)11-5-12(20)7-14(22)6-11/h3-7,9,13,15H,2,8,10,22H2,1H3/t13-,15+/m0/s1. The molecule has 0 saturated carbocycles. The van der Waals surface area contributed by atoms with E-state index >= 15 is 0 Å². The van der Waals surface area contributed by atoms with Crippen LogP contribution in [0.2, 0.25) is 0 Å². The van der Waals surface area contributed by atoms with Crippen molar-refractivity contribution in [2.45, 2.75) is 25.6 Å². The first-order valence-electron chi connectivity index (χ1n) is 8.95. The van der Waals surface area contributed by atoms with E-state index < -0.39 is 24.0 Å². The number of halogens is 2. The van der Waals surface area contributed by atoms with Crippen molar-refractivity contribution in [3.8, 4) is 0 Å². The van der Waals surface area contributed by atoms with Crippen LogP contribution in [0.15, 0.2) is 36.5 Å². The number of hydrogen-bond acceptors (Lipinski definition) is 6. The van der Waals surface area contributed by atoms with Gasteiger partial charge >= 0.3 is 5.97 Å². The number of ether oxygens (including phenoxy) is 1. The summed E-state index contributed by atoms with van der Waals surface area (Å²) in [5, 5.41) is 4.46. The Morgan fingerprint density at radius 1 is 1.36 bits per heavy atom. The highest BCUT2D eigenvalue weighted by atomic mass is 19.1. The van der Waals surface area contributed by atoms with Crippen LogP contribution in [0.5, 0.6) is 0 Å². The maximum absolute atomic E-state index is 14.3. The van der Waals surface area contributed by atoms with Crippen molar-refractivity contribution in [3.63, 3.8) is 0 Å². The fraction of sp³-hybridized carbons (Fsp3) is 0.316. The van der Waals surface area contributed by atoms with Crippen LogP contribution in [0.3, 0.4) is 0 Å². The molecule has 4 rings (SSSR count). The highest BCUT2D eigenvalue weighted by Gasteiger charge is 2.35. The normalized spacial score (nSPS) is 19.3. The molecule has 2 N–H and O–H groups in total. The van der Waals surface area contributed by atoms with Crippen LogP contribution in [0.25, 0.3) is 5.65 Å². The average molecular weight is 387 g/mol. The summed E-state index contributed by atoms with van der Waals surface area (Å²) in [5.41, 5.74) is 7.26. The molecular formula is C19H19F2N5O2. The van der Waals surface area contributed by atoms with Gasteiger partial charge in [-0.05, 0) is 42.8 Å². The second-order valence-electron chi connectivity index (χ2n) is 6.64. The van der Waals surface area contributed by atoms with Gasteiger partial charge in [-0.15, -0.1) is 5.10 Å². The number of nitrogens with zero attached hydrogens (tertiary/aromatic N) is 4. The van der Waals surface area contributed by atoms with Gasteiger partial charge in [0.25, 0.3) is 0 Å². The summed E-state index contributed by atoms with van der Waals surface area (Å²) in [6.45, 7) is 2.04. The van der Waals surface area contributed by atoms with Gasteiger partial charge in [0.15, 0.2) is 11.3 Å². The summed E-state index contributed by atoms with van der Waals surface area (Å²) in [6, 6.07) is 7.17. The third kappa shape index (κ3) is 3.23. The first-order valence-corrected chi connectivity index (χ1v) is 8.95. The molecule has 0 spiro atoms. The number of carbonyl (C=O) groups excluding carboxylic acids is 1. The molecule has 3 aromatic rings. The number of imidazole rings is 1. The molecule has 2 aromatic heterocycles. The van der Waals surface area contributed by atoms with Gasteiger partial charge in [0, 0.05) is 12.1 Å². The Morgan fingerprint density at radius 2 is 2.18 bits per heavy atom. The molecule has 9 heteroatoms. The van der Waals surface area contributed by atoms with E-state index in [1.807, 2.05) is 0 Å². The molecule has 1 aliphatic heterocycles. The van der Waals surface area contributed by atoms with Crippen LogP contribution in [0.1, 0.15) is 35.4 Å². The molecule has 7 nitrogen and oxygen atoms in total. The van der Waals surface area contributed by atoms with E-state index in [4.69, 9.17) is 10.5 Å². The Morgan fingerprint density at radius 3 is 2.93 bits per heavy atom. The molecule has 1 saturated heterocycles. The maximum atomic E-state index is 14.3. The van der Waals surface area contributed by atoms with Crippen LogP contribution in [0.4, 0.5) is 20.3 Å². The Kier molecular flexibility index (Phi) is 4.58. The lowest BCUT2D eigenvalue weighted by Gasteiger charge is -2.26. The quantitative estimate of drug-likeness (QED) is 0.547. The molecular weight excluding hydrogens is 368 g/mol. The zero-order valence-corrected chi connectivity index (χ0v) is 15.2. The summed E-state index contributed by atoms with van der Waals surface area (Å²) in [6.07, 6.45) is 0.480. The van der Waals surface area contributed by atoms with E-state index in [9.17, 15) is 13.6 Å². The summed E-state index contributed by atoms with van der Waals surface area (Å²) < 4.78 is 34.5. The number of esters is 1. The van der Waals surface area contributed by atoms with Crippen molar-refractivity contribution in [1.82, 2.24) is 14.6 Å². The van der Waals surface area contributed by atoms with Crippen molar-refractivity contribution in [3.05, 3.63) is 53.6 Å². The average Bonchev–Trinajstić information content (AvgIpc) is 3.24. The third-order valence-electron chi connectivity index (χ3n) is 4.70. The van der Waals surface area contributed by atoms with Crippen LogP contribution in [-0.4, -0.2) is 39.9 Å². The molecule has 0 aliphatic carbocycles. The smallest absolute Gasteiger partial charge is 0.358 e. The lowest BCUT2D eigenvalue weighted by molar-refractivity contribution is 0.0516. The first kappa shape index (κ1) is 18.1. The molecule has 146 valence electrons. The Labute approximate surface area is 159 Å². The van der Waals surface area contributed by atoms with Gasteiger partial charge in [-0.1, -0.05) is 0 Å². The lowest BCUT2D eigenvalue weighted by atomic mass is 10.0. The number of carbonyl (C=O) groups is 1. The highest BCUT2D eigenvalue weighted by molar-refractivity contribution is 5.88. The number of nitrogens with two attached hydrogens (primary N) is 1. The predicted molar refractivity (Wildman–Crippen MR) is 99.4 cm³/mol. The van der Waals surface area contributed by atoms with E-state index in [0.29, 0.717) is 17.0 Å². The molecule has 2 atom stereocenters. The van der Waals surface area contributed by atoms with Crippen molar-refractivity contribution in [1.29, 1.82) is 0 Å². The Balaban J connectivity index is 1.74. The van der Waals surface area contributed by atoms with E-state index in [1.54, 1.807) is 30.0 Å². The molecule has 0 amide bonds. The van der Waals surface area contributed by atoms with Crippen LogP contribution in [0, 0.1) is 5.82 Å². The van der Waals surface area contributed by atoms with E-state index in [0.717, 1.165) is 0 Å². The minimum Gasteiger partial charge on any atom is -0.461 e. The number of benzene rings is 1. The summed E-state index contributed by atoms with van der Waals surface area (Å²) in [4.78, 5) is 18.0. The zero-order valence-electron chi connectivity index (χ0n) is 15.2. The number of anilines is 2. The Bertz CT molecular complexity index is 1020. The lowest BCUT2D eigenvalue weighted by Crippen LogP contribution is -2.25. The summed E-state index contributed by atoms with van der Waals surface area (Å²) in [5.74, 6) is -0.567. The fourth-order valence-electron chi connectivity index (χ4n) is 3.54. The van der Waals surface area contributed by atoms with E-state index in [-0.39, 0.29) is 31.0 Å². The van der Waals surface area contributed by atoms with Gasteiger partial charge in [-0.25, -0.2) is 23.1 Å². The predicted octanol–water partition coefficient (Wildman–Crippen LogP) is 2.92. The second-order valence-corrected chi connectivity index (χ2v) is 6.64. The minimum atomic E-state index is -1.10. The van der Waals surface area contributed by atoms with E-state index in [2.05, 4.69) is 10.1 Å². The first-order chi connectivity index (χ1) is 13.5. The number of aromatic nitrogens is 3. The molecule has 0 unspecified atom stereocenters. The van der Waals surface area contributed by atoms with Crippen LogP contribution >= 0.6 is 0 Å². The molecule has 28 heavy (non-hydrogen) atoms. The fourth-order valence-corrected chi connectivity index (χ4v) is 3.54. The van der Waals surface area contributed by atoms with E-state index in [1.165, 1.54) is 22.8 Å². The Hall–Kier alpha value is -3.23. The monoisotopic (exact) mass is 387 g/mol. The number of rotatable bonds is 4. The molecule has 0 bridgehead atoms. The molecule has 1 fully saturated rings. The van der Waals surface area contributed by atoms with Gasteiger partial charge in [0.2, 0.25) is 0 Å². The molecule has 3 heterocycles. The molecule has 1 aromatic carbocycles. The number of alkyl halides is 1. The van der Waals surface area contributed by atoms with Gasteiger partial charge in [0.05, 0.1) is 25.4 Å². The maximum Gasteiger partial charge on any atom is 0.358 e. The van der Waals surface area contributed by atoms with Crippen molar-refractivity contribution in [2.75, 3.05) is 23.8 Å². The SMILES string of the molecule is CCOC(=O)c1cnc2ccc(N3C[C@@H](F)C[C@@H]3c3cc(N)cc(F)c3)nn12. The largest absolute Gasteiger partial charge is 0.461 e. The molecule has 0 radical (unpaired) electrons. The molecule has 1 aliphatic rings. The van der Waals surface area contributed by atoms with Crippen molar-refractivity contribution in [2.24, 2.45) is 0 Å². The number of nitrogen functional groups attached to an aromatic ring is 1. The number of hydrogen-bond donors (Lipinski definition) is 1. The highest BCUT2D eigenvalue weighted by Crippen LogP contribution is 2.37. The van der Waals surface area contributed by atoms with Gasteiger partial charge < -0.3 is 15.4 Å². The summed E-state index contributed by atoms with van der Waals surface area (Å²) >= 11 is 0. The van der Waals surface area contributed by atoms with Gasteiger partial charge in [0.1, 0.15) is 17.8 Å². The van der Waals surface area contributed by atoms with Gasteiger partial charge in [-0.3, -0.25) is 0 Å². The summed E-state index contributed by atoms with van der Waals surface area (Å²) in [7, 11) is 0. The third-order valence-corrected chi connectivity index (χ3v) is 4.70. The van der Waals surface area contributed by atoms with Gasteiger partial charge in [-0.2, -0.15) is 0 Å². The minimum absolute atomic E-state index is 0.100. The van der Waals surface area contributed by atoms with Crippen molar-refractivity contribution < 1.29 is 18.3 Å². The topological polar surface area (TPSA) is 85.8 Å².